The van der Waals surface area contributed by atoms with E-state index < -0.39 is 0 Å². The van der Waals surface area contributed by atoms with Crippen LogP contribution < -0.4 is 5.32 Å². The van der Waals surface area contributed by atoms with E-state index in [4.69, 9.17) is 4.98 Å². The van der Waals surface area contributed by atoms with Crippen LogP contribution in [0.1, 0.15) is 24.2 Å². The van der Waals surface area contributed by atoms with Gasteiger partial charge in [0.25, 0.3) is 0 Å². The van der Waals surface area contributed by atoms with Gasteiger partial charge in [0.05, 0.1) is 26.5 Å². The minimum absolute atomic E-state index is 0.966. The zero-order chi connectivity index (χ0) is 20.8. The van der Waals surface area contributed by atoms with Crippen LogP contribution >= 0.6 is 22.7 Å². The van der Waals surface area contributed by atoms with Gasteiger partial charge in [0.1, 0.15) is 5.01 Å². The number of benzene rings is 1. The average molecular weight is 446 g/mol. The number of hydrogen-bond acceptors (Lipinski definition) is 6. The summed E-state index contributed by atoms with van der Waals surface area (Å²) < 4.78 is 1.17. The van der Waals surface area contributed by atoms with Crippen molar-refractivity contribution in [2.75, 3.05) is 18.4 Å². The molecule has 1 aromatic carbocycles. The summed E-state index contributed by atoms with van der Waals surface area (Å²) in [5.74, 6) is 0. The number of nitrogens with one attached hydrogen (secondary N) is 2. The number of thiazole rings is 1. The Kier molecular flexibility index (Phi) is 4.74. The highest BCUT2D eigenvalue weighted by molar-refractivity contribution is 7.25. The zero-order valence-electron chi connectivity index (χ0n) is 17.3. The van der Waals surface area contributed by atoms with Gasteiger partial charge in [0.15, 0.2) is 0 Å². The van der Waals surface area contributed by atoms with E-state index in [1.807, 2.05) is 6.20 Å². The molecule has 1 aliphatic heterocycles. The van der Waals surface area contributed by atoms with Crippen LogP contribution in [0.3, 0.4) is 0 Å². The molecule has 2 N–H and O–H groups in total. The van der Waals surface area contributed by atoms with E-state index in [0.29, 0.717) is 0 Å². The van der Waals surface area contributed by atoms with E-state index >= 15 is 0 Å². The van der Waals surface area contributed by atoms with Gasteiger partial charge in [-0.15, -0.1) is 22.7 Å². The molecule has 1 saturated heterocycles. The number of hydrogen-bond donors (Lipinski definition) is 2. The molecular weight excluding hydrogens is 422 g/mol. The topological polar surface area (TPSA) is 56.8 Å². The molecule has 0 aliphatic carbocycles. The zero-order valence-corrected chi connectivity index (χ0v) is 18.9. The maximum atomic E-state index is 4.92. The molecule has 5 heterocycles. The van der Waals surface area contributed by atoms with Crippen LogP contribution in [0.2, 0.25) is 0 Å². The fourth-order valence-electron chi connectivity index (χ4n) is 4.32. The number of likely N-dealkylation sites (tertiary alicyclic amines) is 1. The Morgan fingerprint density at radius 2 is 2.03 bits per heavy atom. The molecule has 6 rings (SSSR count). The molecule has 4 aromatic heterocycles. The lowest BCUT2D eigenvalue weighted by Crippen LogP contribution is -2.18. The van der Waals surface area contributed by atoms with Gasteiger partial charge >= 0.3 is 0 Å². The van der Waals surface area contributed by atoms with Gasteiger partial charge in [0, 0.05) is 40.4 Å². The van der Waals surface area contributed by atoms with Crippen molar-refractivity contribution in [3.05, 3.63) is 59.4 Å². The van der Waals surface area contributed by atoms with Crippen LogP contribution in [0, 0.1) is 6.92 Å². The molecule has 0 unspecified atom stereocenters. The smallest absolute Gasteiger partial charge is 0.133 e. The van der Waals surface area contributed by atoms with Crippen molar-refractivity contribution in [3.8, 4) is 9.88 Å². The summed E-state index contributed by atoms with van der Waals surface area (Å²) in [7, 11) is 0. The van der Waals surface area contributed by atoms with Gasteiger partial charge in [-0.2, -0.15) is 0 Å². The second-order valence-electron chi connectivity index (χ2n) is 8.19. The summed E-state index contributed by atoms with van der Waals surface area (Å²) in [6.07, 6.45) is 4.50. The highest BCUT2D eigenvalue weighted by atomic mass is 32.1. The lowest BCUT2D eigenvalue weighted by Gasteiger charge is -2.11. The maximum Gasteiger partial charge on any atom is 0.133 e. The van der Waals surface area contributed by atoms with Crippen LogP contribution in [0.5, 0.6) is 0 Å². The van der Waals surface area contributed by atoms with E-state index in [2.05, 4.69) is 68.9 Å². The van der Waals surface area contributed by atoms with Gasteiger partial charge in [-0.05, 0) is 69.3 Å². The number of fused-ring (bicyclic) bond motifs is 2. The molecule has 0 atom stereocenters. The first-order valence-electron chi connectivity index (χ1n) is 10.6. The number of pyridine rings is 1. The van der Waals surface area contributed by atoms with Crippen LogP contribution in [0.15, 0.2) is 48.0 Å². The number of anilines is 2. The molecule has 7 heteroatoms. The predicted molar refractivity (Wildman–Crippen MR) is 132 cm³/mol. The summed E-state index contributed by atoms with van der Waals surface area (Å²) in [5.41, 5.74) is 6.70. The standard InChI is InChI=1S/C24H23N5S2/c1-15-10-16-11-17(4-5-19(16)26-15)27-20-6-7-25-21-12-22(31-23(20)21)24-28-18(14-30-24)13-29-8-2-3-9-29/h4-7,10-12,14,26H,2-3,8-9,13H2,1H3,(H,25,27). The van der Waals surface area contributed by atoms with E-state index in [1.165, 1.54) is 52.3 Å². The molecule has 1 aliphatic rings. The van der Waals surface area contributed by atoms with Crippen molar-refractivity contribution < 1.29 is 0 Å². The Morgan fingerprint density at radius 1 is 1.13 bits per heavy atom. The average Bonchev–Trinajstić information content (AvgIpc) is 3.54. The lowest BCUT2D eigenvalue weighted by molar-refractivity contribution is 0.328. The monoisotopic (exact) mass is 445 g/mol. The van der Waals surface area contributed by atoms with Gasteiger partial charge in [-0.1, -0.05) is 0 Å². The van der Waals surface area contributed by atoms with Gasteiger partial charge < -0.3 is 10.3 Å². The number of aromatic nitrogens is 3. The first-order chi connectivity index (χ1) is 15.2. The molecule has 0 saturated carbocycles. The molecule has 5 aromatic rings. The van der Waals surface area contributed by atoms with Crippen molar-refractivity contribution in [3.63, 3.8) is 0 Å². The summed E-state index contributed by atoms with van der Waals surface area (Å²) >= 11 is 3.50. The van der Waals surface area contributed by atoms with E-state index in [-0.39, 0.29) is 0 Å². The Labute approximate surface area is 188 Å². The van der Waals surface area contributed by atoms with E-state index in [9.17, 15) is 0 Å². The molecule has 5 nitrogen and oxygen atoms in total. The van der Waals surface area contributed by atoms with Crippen LogP contribution in [-0.2, 0) is 6.54 Å². The SMILES string of the molecule is Cc1cc2cc(Nc3ccnc4cc(-c5nc(CN6CCCC6)cs5)sc34)ccc2[nH]1. The van der Waals surface area contributed by atoms with Gasteiger partial charge in [-0.25, -0.2) is 4.98 Å². The Balaban J connectivity index is 1.29. The first-order valence-corrected chi connectivity index (χ1v) is 12.3. The highest BCUT2D eigenvalue weighted by Gasteiger charge is 2.16. The summed E-state index contributed by atoms with van der Waals surface area (Å²) in [6.45, 7) is 5.45. The fraction of sp³-hybridized carbons (Fsp3) is 0.250. The molecular formula is C24H23N5S2. The Hall–Kier alpha value is -2.74. The molecule has 0 spiro atoms. The number of aryl methyl sites for hydroxylation is 1. The van der Waals surface area contributed by atoms with Crippen LogP contribution in [0.4, 0.5) is 11.4 Å². The number of thiophene rings is 1. The van der Waals surface area contributed by atoms with Crippen molar-refractivity contribution >= 4 is 55.2 Å². The molecule has 156 valence electrons. The second kappa shape index (κ2) is 7.75. The molecule has 0 amide bonds. The molecule has 0 bridgehead atoms. The quantitative estimate of drug-likeness (QED) is 0.322. The number of H-pyrrole nitrogens is 1. The van der Waals surface area contributed by atoms with E-state index in [1.54, 1.807) is 22.7 Å². The third-order valence-electron chi connectivity index (χ3n) is 5.79. The van der Waals surface area contributed by atoms with Gasteiger partial charge in [0.2, 0.25) is 0 Å². The van der Waals surface area contributed by atoms with Crippen molar-refractivity contribution in [1.82, 2.24) is 19.9 Å². The first kappa shape index (κ1) is 19.0. The van der Waals surface area contributed by atoms with Crippen LogP contribution in [-0.4, -0.2) is 32.9 Å². The molecule has 31 heavy (non-hydrogen) atoms. The predicted octanol–water partition coefficient (Wildman–Crippen LogP) is 6.55. The number of nitrogens with zero attached hydrogens (tertiary/aromatic N) is 3. The Bertz CT molecular complexity index is 1370. The second-order valence-corrected chi connectivity index (χ2v) is 10.1. The third-order valence-corrected chi connectivity index (χ3v) is 8.01. The van der Waals surface area contributed by atoms with Gasteiger partial charge in [-0.3, -0.25) is 9.88 Å². The van der Waals surface area contributed by atoms with Crippen LogP contribution in [0.25, 0.3) is 31.0 Å². The molecule has 1 fully saturated rings. The number of aromatic amines is 1. The minimum Gasteiger partial charge on any atom is -0.359 e. The maximum absolute atomic E-state index is 4.92. The summed E-state index contributed by atoms with van der Waals surface area (Å²) in [6, 6.07) is 12.8. The highest BCUT2D eigenvalue weighted by Crippen LogP contribution is 2.39. The summed E-state index contributed by atoms with van der Waals surface area (Å²) in [4.78, 5) is 16.6. The van der Waals surface area contributed by atoms with Crippen molar-refractivity contribution in [2.45, 2.75) is 26.3 Å². The lowest BCUT2D eigenvalue weighted by atomic mass is 10.2. The summed E-state index contributed by atoms with van der Waals surface area (Å²) in [5, 5.41) is 8.11. The van der Waals surface area contributed by atoms with Crippen molar-refractivity contribution in [1.29, 1.82) is 0 Å². The van der Waals surface area contributed by atoms with Crippen molar-refractivity contribution in [2.24, 2.45) is 0 Å². The largest absolute Gasteiger partial charge is 0.359 e. The van der Waals surface area contributed by atoms with E-state index in [0.717, 1.165) is 34.0 Å². The molecule has 0 radical (unpaired) electrons. The fourth-order valence-corrected chi connectivity index (χ4v) is 6.27. The normalized spacial score (nSPS) is 14.7. The number of rotatable bonds is 5. The third kappa shape index (κ3) is 3.73. The Morgan fingerprint density at radius 3 is 2.94 bits per heavy atom. The minimum atomic E-state index is 0.966.